The van der Waals surface area contributed by atoms with E-state index in [4.69, 9.17) is 26.3 Å². The highest BCUT2D eigenvalue weighted by molar-refractivity contribution is 6.30. The van der Waals surface area contributed by atoms with Crippen LogP contribution in [0.2, 0.25) is 5.02 Å². The summed E-state index contributed by atoms with van der Waals surface area (Å²) < 4.78 is 48.1. The van der Waals surface area contributed by atoms with Crippen molar-refractivity contribution in [2.75, 3.05) is 6.61 Å². The number of hydrogen-bond acceptors (Lipinski definition) is 5. The summed E-state index contributed by atoms with van der Waals surface area (Å²) in [6.07, 6.45) is -4.57. The quantitative estimate of drug-likeness (QED) is 0.462. The van der Waals surface area contributed by atoms with Gasteiger partial charge in [-0.05, 0) is 30.3 Å². The number of nitrogens with one attached hydrogen (secondary N) is 1. The van der Waals surface area contributed by atoms with Crippen LogP contribution in [0.5, 0.6) is 0 Å². The summed E-state index contributed by atoms with van der Waals surface area (Å²) in [7, 11) is 0. The number of alkyl halides is 3. The Morgan fingerprint density at radius 3 is 2.54 bits per heavy atom. The maximum absolute atomic E-state index is 12.7. The van der Waals surface area contributed by atoms with Gasteiger partial charge in [0.05, 0.1) is 11.1 Å². The Kier molecular flexibility index (Phi) is 5.51. The van der Waals surface area contributed by atoms with Crippen molar-refractivity contribution in [2.24, 2.45) is 0 Å². The molecular weight excluding hydrogens is 397 g/mol. The SMILES string of the molecule is N=C(COC(=O)c1cccc(C(F)(F)F)c1)c1cc(-c2ccc(Cl)cc2)no1. The number of aromatic nitrogens is 1. The monoisotopic (exact) mass is 408 g/mol. The summed E-state index contributed by atoms with van der Waals surface area (Å²) in [5, 5.41) is 12.3. The molecule has 5 nitrogen and oxygen atoms in total. The third-order valence-corrected chi connectivity index (χ3v) is 3.97. The Bertz CT molecular complexity index is 1010. The van der Waals surface area contributed by atoms with Crippen LogP contribution in [0.1, 0.15) is 21.7 Å². The minimum atomic E-state index is -4.57. The van der Waals surface area contributed by atoms with E-state index in [1.807, 2.05) is 0 Å². The number of ether oxygens (including phenoxy) is 1. The van der Waals surface area contributed by atoms with Gasteiger partial charge in [0, 0.05) is 16.7 Å². The van der Waals surface area contributed by atoms with E-state index in [0.717, 1.165) is 12.1 Å². The minimum absolute atomic E-state index is 0.0711. The van der Waals surface area contributed by atoms with Gasteiger partial charge in [-0.2, -0.15) is 13.2 Å². The molecule has 144 valence electrons. The predicted octanol–water partition coefficient (Wildman–Crippen LogP) is 5.24. The van der Waals surface area contributed by atoms with Crippen molar-refractivity contribution in [2.45, 2.75) is 6.18 Å². The highest BCUT2D eigenvalue weighted by atomic mass is 35.5. The molecule has 0 bridgehead atoms. The van der Waals surface area contributed by atoms with Gasteiger partial charge in [0.15, 0.2) is 5.76 Å². The average molecular weight is 409 g/mol. The van der Waals surface area contributed by atoms with Gasteiger partial charge in [-0.25, -0.2) is 4.79 Å². The van der Waals surface area contributed by atoms with Crippen LogP contribution in [-0.2, 0) is 10.9 Å². The molecule has 0 amide bonds. The molecule has 0 radical (unpaired) electrons. The zero-order chi connectivity index (χ0) is 20.3. The van der Waals surface area contributed by atoms with Crippen molar-refractivity contribution in [3.63, 3.8) is 0 Å². The first-order chi connectivity index (χ1) is 13.2. The number of hydrogen-bond donors (Lipinski definition) is 1. The smallest absolute Gasteiger partial charge is 0.416 e. The molecule has 0 saturated heterocycles. The number of carbonyl (C=O) groups is 1. The van der Waals surface area contributed by atoms with Crippen LogP contribution in [-0.4, -0.2) is 23.4 Å². The molecule has 0 aliphatic heterocycles. The van der Waals surface area contributed by atoms with E-state index < -0.39 is 24.3 Å². The minimum Gasteiger partial charge on any atom is -0.455 e. The predicted molar refractivity (Wildman–Crippen MR) is 95.5 cm³/mol. The number of halogens is 4. The van der Waals surface area contributed by atoms with Gasteiger partial charge in [0.1, 0.15) is 18.0 Å². The highest BCUT2D eigenvalue weighted by Gasteiger charge is 2.31. The zero-order valence-corrected chi connectivity index (χ0v) is 14.8. The maximum atomic E-state index is 12.7. The van der Waals surface area contributed by atoms with Gasteiger partial charge >= 0.3 is 12.1 Å². The van der Waals surface area contributed by atoms with E-state index >= 15 is 0 Å². The molecule has 1 heterocycles. The van der Waals surface area contributed by atoms with Gasteiger partial charge < -0.3 is 9.26 Å². The number of nitrogens with zero attached hydrogens (tertiary/aromatic N) is 1. The molecule has 0 fully saturated rings. The number of carbonyl (C=O) groups excluding carboxylic acids is 1. The van der Waals surface area contributed by atoms with Crippen molar-refractivity contribution in [3.05, 3.63) is 76.5 Å². The lowest BCUT2D eigenvalue weighted by Crippen LogP contribution is -2.15. The zero-order valence-electron chi connectivity index (χ0n) is 14.1. The Hall–Kier alpha value is -3.13. The molecule has 1 N–H and O–H groups in total. The second kappa shape index (κ2) is 7.85. The Labute approximate surface area is 162 Å². The normalized spacial score (nSPS) is 11.3. The molecule has 0 atom stereocenters. The van der Waals surface area contributed by atoms with E-state index in [1.54, 1.807) is 24.3 Å². The topological polar surface area (TPSA) is 76.2 Å². The first-order valence-electron chi connectivity index (χ1n) is 7.89. The summed E-state index contributed by atoms with van der Waals surface area (Å²) >= 11 is 5.82. The molecule has 0 aliphatic carbocycles. The maximum Gasteiger partial charge on any atom is 0.416 e. The van der Waals surface area contributed by atoms with Gasteiger partial charge in [0.25, 0.3) is 0 Å². The van der Waals surface area contributed by atoms with E-state index in [-0.39, 0.29) is 17.0 Å². The highest BCUT2D eigenvalue weighted by Crippen LogP contribution is 2.29. The van der Waals surface area contributed by atoms with Crippen LogP contribution in [0.25, 0.3) is 11.3 Å². The molecule has 3 rings (SSSR count). The van der Waals surface area contributed by atoms with Crippen LogP contribution in [0.15, 0.2) is 59.1 Å². The Morgan fingerprint density at radius 2 is 1.86 bits per heavy atom. The molecule has 28 heavy (non-hydrogen) atoms. The lowest BCUT2D eigenvalue weighted by molar-refractivity contribution is -0.137. The van der Waals surface area contributed by atoms with E-state index in [9.17, 15) is 18.0 Å². The fourth-order valence-corrected chi connectivity index (χ4v) is 2.41. The van der Waals surface area contributed by atoms with Crippen molar-refractivity contribution in [1.82, 2.24) is 5.16 Å². The number of rotatable bonds is 5. The number of benzene rings is 2. The molecule has 2 aromatic carbocycles. The third kappa shape index (κ3) is 4.58. The molecule has 0 unspecified atom stereocenters. The van der Waals surface area contributed by atoms with Crippen molar-refractivity contribution >= 4 is 23.3 Å². The van der Waals surface area contributed by atoms with E-state index in [2.05, 4.69) is 5.16 Å². The standard InChI is InChI=1S/C19H12ClF3N2O3/c20-14-6-4-11(5-7-14)16-9-17(28-25-16)15(24)10-27-18(26)12-2-1-3-13(8-12)19(21,22)23/h1-9,24H,10H2. The van der Waals surface area contributed by atoms with Crippen molar-refractivity contribution in [1.29, 1.82) is 5.41 Å². The van der Waals surface area contributed by atoms with Crippen LogP contribution >= 0.6 is 11.6 Å². The second-order valence-electron chi connectivity index (χ2n) is 5.72. The molecule has 0 aliphatic rings. The lowest BCUT2D eigenvalue weighted by atomic mass is 10.1. The first-order valence-corrected chi connectivity index (χ1v) is 8.26. The van der Waals surface area contributed by atoms with Crippen LogP contribution < -0.4 is 0 Å². The fraction of sp³-hybridized carbons (Fsp3) is 0.105. The fourth-order valence-electron chi connectivity index (χ4n) is 2.29. The number of esters is 1. The molecule has 9 heteroatoms. The second-order valence-corrected chi connectivity index (χ2v) is 6.15. The van der Waals surface area contributed by atoms with E-state index in [0.29, 0.717) is 22.3 Å². The third-order valence-electron chi connectivity index (χ3n) is 3.72. The van der Waals surface area contributed by atoms with Crippen LogP contribution in [0.4, 0.5) is 13.2 Å². The molecule has 1 aromatic heterocycles. The van der Waals surface area contributed by atoms with Crippen LogP contribution in [0.3, 0.4) is 0 Å². The first kappa shape index (κ1) is 19.6. The van der Waals surface area contributed by atoms with E-state index in [1.165, 1.54) is 12.1 Å². The lowest BCUT2D eigenvalue weighted by Gasteiger charge is -2.08. The van der Waals surface area contributed by atoms with Gasteiger partial charge in [-0.3, -0.25) is 5.41 Å². The summed E-state index contributed by atoms with van der Waals surface area (Å²) in [5.74, 6) is -0.907. The molecular formula is C19H12ClF3N2O3. The summed E-state index contributed by atoms with van der Waals surface area (Å²) in [6.45, 7) is -0.482. The molecule has 0 saturated carbocycles. The average Bonchev–Trinajstić information content (AvgIpc) is 3.16. The van der Waals surface area contributed by atoms with Gasteiger partial charge in [0.2, 0.25) is 0 Å². The Morgan fingerprint density at radius 1 is 1.14 bits per heavy atom. The molecule has 0 spiro atoms. The van der Waals surface area contributed by atoms with Crippen molar-refractivity contribution in [3.8, 4) is 11.3 Å². The van der Waals surface area contributed by atoms with Crippen molar-refractivity contribution < 1.29 is 27.2 Å². The summed E-state index contributed by atoms with van der Waals surface area (Å²) in [5.41, 5.74) is -0.233. The van der Waals surface area contributed by atoms with Gasteiger partial charge in [-0.1, -0.05) is 35.0 Å². The van der Waals surface area contributed by atoms with Crippen LogP contribution in [0, 0.1) is 5.41 Å². The summed E-state index contributed by atoms with van der Waals surface area (Å²) in [4.78, 5) is 12.0. The van der Waals surface area contributed by atoms with Gasteiger partial charge in [-0.15, -0.1) is 0 Å². The summed E-state index contributed by atoms with van der Waals surface area (Å²) in [6, 6.07) is 12.1. The Balaban J connectivity index is 1.64. The molecule has 3 aromatic rings. The largest absolute Gasteiger partial charge is 0.455 e.